The van der Waals surface area contributed by atoms with Crippen molar-refractivity contribution in [1.29, 1.82) is 0 Å². The number of carbonyl (C=O) groups is 3. The summed E-state index contributed by atoms with van der Waals surface area (Å²) in [6.45, 7) is 4.78. The standard InChI is InChI=1S/C17H27NO5/c1-11(2)14(23-17(21)12-5-4-6-12)15(19)18-9-7-13(8-10-18)16(20)22-3/h11-14H,4-10H2,1-3H3. The highest BCUT2D eigenvalue weighted by atomic mass is 16.5. The molecule has 1 saturated heterocycles. The number of ether oxygens (including phenoxy) is 2. The Morgan fingerprint density at radius 3 is 1.96 bits per heavy atom. The second-order valence-electron chi connectivity index (χ2n) is 6.85. The summed E-state index contributed by atoms with van der Waals surface area (Å²) in [5.41, 5.74) is 0. The number of esters is 2. The molecule has 2 rings (SSSR count). The SMILES string of the molecule is COC(=O)C1CCN(C(=O)C(OC(=O)C2CCC2)C(C)C)CC1. The fourth-order valence-electron chi connectivity index (χ4n) is 3.02. The van der Waals surface area contributed by atoms with Crippen molar-refractivity contribution in [2.45, 2.75) is 52.1 Å². The van der Waals surface area contributed by atoms with Gasteiger partial charge in [0.15, 0.2) is 6.10 Å². The van der Waals surface area contributed by atoms with Gasteiger partial charge in [0.1, 0.15) is 0 Å². The van der Waals surface area contributed by atoms with Crippen LogP contribution in [0.4, 0.5) is 0 Å². The van der Waals surface area contributed by atoms with E-state index < -0.39 is 6.10 Å². The lowest BCUT2D eigenvalue weighted by atomic mass is 9.85. The summed E-state index contributed by atoms with van der Waals surface area (Å²) >= 11 is 0. The Balaban J connectivity index is 1.90. The van der Waals surface area contributed by atoms with E-state index in [1.165, 1.54) is 7.11 Å². The van der Waals surface area contributed by atoms with Gasteiger partial charge < -0.3 is 14.4 Å². The van der Waals surface area contributed by atoms with Gasteiger partial charge in [-0.2, -0.15) is 0 Å². The van der Waals surface area contributed by atoms with Crippen molar-refractivity contribution in [2.75, 3.05) is 20.2 Å². The number of amides is 1. The topological polar surface area (TPSA) is 72.9 Å². The van der Waals surface area contributed by atoms with Crippen molar-refractivity contribution in [2.24, 2.45) is 17.8 Å². The van der Waals surface area contributed by atoms with Gasteiger partial charge in [0, 0.05) is 13.1 Å². The summed E-state index contributed by atoms with van der Waals surface area (Å²) in [5.74, 6) is -0.837. The molecular weight excluding hydrogens is 298 g/mol. The van der Waals surface area contributed by atoms with Crippen LogP contribution in [0.1, 0.15) is 46.0 Å². The first kappa shape index (κ1) is 17.8. The predicted octanol–water partition coefficient (Wildman–Crippen LogP) is 1.77. The summed E-state index contributed by atoms with van der Waals surface area (Å²) in [6, 6.07) is 0. The molecule has 2 aliphatic rings. The van der Waals surface area contributed by atoms with E-state index in [-0.39, 0.29) is 35.6 Å². The van der Waals surface area contributed by atoms with E-state index in [0.717, 1.165) is 19.3 Å². The van der Waals surface area contributed by atoms with Gasteiger partial charge in [-0.05, 0) is 31.6 Å². The van der Waals surface area contributed by atoms with E-state index in [0.29, 0.717) is 25.9 Å². The van der Waals surface area contributed by atoms with Gasteiger partial charge in [-0.1, -0.05) is 20.3 Å². The average Bonchev–Trinajstić information content (AvgIpc) is 2.49. The third-order valence-electron chi connectivity index (χ3n) is 4.87. The van der Waals surface area contributed by atoms with Crippen LogP contribution in [0, 0.1) is 17.8 Å². The molecule has 1 unspecified atom stereocenters. The van der Waals surface area contributed by atoms with Crippen LogP contribution in [-0.2, 0) is 23.9 Å². The Labute approximate surface area is 137 Å². The number of likely N-dealkylation sites (tertiary alicyclic amines) is 1. The summed E-state index contributed by atoms with van der Waals surface area (Å²) < 4.78 is 10.3. The molecule has 0 N–H and O–H groups in total. The molecule has 0 bridgehead atoms. The lowest BCUT2D eigenvalue weighted by Gasteiger charge is -2.35. The maximum absolute atomic E-state index is 12.7. The van der Waals surface area contributed by atoms with Gasteiger partial charge in [-0.15, -0.1) is 0 Å². The Kier molecular flexibility index (Phi) is 6.02. The molecule has 0 radical (unpaired) electrons. The zero-order valence-corrected chi connectivity index (χ0v) is 14.2. The lowest BCUT2D eigenvalue weighted by molar-refractivity contribution is -0.169. The molecule has 0 aromatic heterocycles. The molecule has 1 saturated carbocycles. The van der Waals surface area contributed by atoms with E-state index in [1.54, 1.807) is 4.90 Å². The molecule has 6 nitrogen and oxygen atoms in total. The Morgan fingerprint density at radius 1 is 0.957 bits per heavy atom. The van der Waals surface area contributed by atoms with Gasteiger partial charge >= 0.3 is 11.9 Å². The second-order valence-corrected chi connectivity index (χ2v) is 6.85. The number of carbonyl (C=O) groups excluding carboxylic acids is 3. The number of nitrogens with zero attached hydrogens (tertiary/aromatic N) is 1. The van der Waals surface area contributed by atoms with Gasteiger partial charge in [-0.3, -0.25) is 14.4 Å². The molecule has 23 heavy (non-hydrogen) atoms. The Hall–Kier alpha value is -1.59. The molecule has 1 aliphatic carbocycles. The third-order valence-corrected chi connectivity index (χ3v) is 4.87. The van der Waals surface area contributed by atoms with Crippen molar-refractivity contribution < 1.29 is 23.9 Å². The first-order valence-corrected chi connectivity index (χ1v) is 8.51. The summed E-state index contributed by atoms with van der Waals surface area (Å²) in [6.07, 6.45) is 3.25. The van der Waals surface area contributed by atoms with Gasteiger partial charge in [-0.25, -0.2) is 0 Å². The quantitative estimate of drug-likeness (QED) is 0.720. The van der Waals surface area contributed by atoms with E-state index >= 15 is 0 Å². The zero-order valence-electron chi connectivity index (χ0n) is 14.2. The van der Waals surface area contributed by atoms with Gasteiger partial charge in [0.25, 0.3) is 5.91 Å². The summed E-state index contributed by atoms with van der Waals surface area (Å²) in [5, 5.41) is 0. The zero-order chi connectivity index (χ0) is 17.0. The maximum Gasteiger partial charge on any atom is 0.309 e. The molecule has 0 aromatic rings. The average molecular weight is 325 g/mol. The van der Waals surface area contributed by atoms with Crippen LogP contribution in [-0.4, -0.2) is 49.0 Å². The van der Waals surface area contributed by atoms with E-state index in [9.17, 15) is 14.4 Å². The van der Waals surface area contributed by atoms with Gasteiger partial charge in [0.05, 0.1) is 18.9 Å². The van der Waals surface area contributed by atoms with Crippen LogP contribution < -0.4 is 0 Å². The fraction of sp³-hybridized carbons (Fsp3) is 0.824. The van der Waals surface area contributed by atoms with Crippen molar-refractivity contribution >= 4 is 17.8 Å². The van der Waals surface area contributed by atoms with Crippen LogP contribution in [0.3, 0.4) is 0 Å². The number of rotatable bonds is 5. The van der Waals surface area contributed by atoms with Crippen molar-refractivity contribution in [3.05, 3.63) is 0 Å². The second kappa shape index (κ2) is 7.79. The predicted molar refractivity (Wildman–Crippen MR) is 83.4 cm³/mol. The van der Waals surface area contributed by atoms with E-state index in [2.05, 4.69) is 0 Å². The Morgan fingerprint density at radius 2 is 1.52 bits per heavy atom. The largest absolute Gasteiger partial charge is 0.469 e. The van der Waals surface area contributed by atoms with Crippen LogP contribution in [0.15, 0.2) is 0 Å². The number of methoxy groups -OCH3 is 1. The highest BCUT2D eigenvalue weighted by Crippen LogP contribution is 2.29. The lowest BCUT2D eigenvalue weighted by Crippen LogP contribution is -2.48. The van der Waals surface area contributed by atoms with Crippen molar-refractivity contribution in [3.63, 3.8) is 0 Å². The van der Waals surface area contributed by atoms with Crippen LogP contribution in [0.25, 0.3) is 0 Å². The highest BCUT2D eigenvalue weighted by Gasteiger charge is 2.36. The van der Waals surface area contributed by atoms with Gasteiger partial charge in [0.2, 0.25) is 0 Å². The molecular formula is C17H27NO5. The molecule has 1 heterocycles. The molecule has 0 aromatic carbocycles. The molecule has 2 fully saturated rings. The highest BCUT2D eigenvalue weighted by molar-refractivity contribution is 5.85. The summed E-state index contributed by atoms with van der Waals surface area (Å²) in [4.78, 5) is 38.0. The Bertz CT molecular complexity index is 450. The minimum Gasteiger partial charge on any atom is -0.469 e. The normalized spacial score (nSPS) is 20.8. The monoisotopic (exact) mass is 325 g/mol. The molecule has 0 spiro atoms. The van der Waals surface area contributed by atoms with Crippen LogP contribution in [0.2, 0.25) is 0 Å². The van der Waals surface area contributed by atoms with E-state index in [4.69, 9.17) is 9.47 Å². The molecule has 1 amide bonds. The third kappa shape index (κ3) is 4.24. The van der Waals surface area contributed by atoms with Crippen molar-refractivity contribution in [3.8, 4) is 0 Å². The smallest absolute Gasteiger partial charge is 0.309 e. The number of hydrogen-bond donors (Lipinski definition) is 0. The fourth-order valence-corrected chi connectivity index (χ4v) is 3.02. The molecule has 1 atom stereocenters. The summed E-state index contributed by atoms with van der Waals surface area (Å²) in [7, 11) is 1.38. The van der Waals surface area contributed by atoms with Crippen molar-refractivity contribution in [1.82, 2.24) is 4.90 Å². The maximum atomic E-state index is 12.7. The molecule has 130 valence electrons. The number of piperidine rings is 1. The first-order chi connectivity index (χ1) is 10.9. The van der Waals surface area contributed by atoms with Crippen LogP contribution >= 0.6 is 0 Å². The first-order valence-electron chi connectivity index (χ1n) is 8.51. The molecule has 6 heteroatoms. The molecule has 1 aliphatic heterocycles. The van der Waals surface area contributed by atoms with Crippen LogP contribution in [0.5, 0.6) is 0 Å². The minimum atomic E-state index is -0.724. The number of hydrogen-bond acceptors (Lipinski definition) is 5. The minimum absolute atomic E-state index is 0.0332. The van der Waals surface area contributed by atoms with E-state index in [1.807, 2.05) is 13.8 Å².